The van der Waals surface area contributed by atoms with Crippen LogP contribution in [0.1, 0.15) is 26.4 Å². The molecule has 1 aromatic carbocycles. The molecule has 25 heavy (non-hydrogen) atoms. The Morgan fingerprint density at radius 2 is 1.92 bits per heavy atom. The summed E-state index contributed by atoms with van der Waals surface area (Å²) in [5.41, 5.74) is -2.09. The van der Waals surface area contributed by atoms with Crippen molar-refractivity contribution < 1.29 is 28.6 Å². The van der Waals surface area contributed by atoms with Crippen LogP contribution in [0.15, 0.2) is 29.2 Å². The van der Waals surface area contributed by atoms with Crippen molar-refractivity contribution in [2.24, 2.45) is 0 Å². The molecule has 2 N–H and O–H groups in total. The highest BCUT2D eigenvalue weighted by atomic mass is 19.1. The largest absolute Gasteiger partial charge is 0.503 e. The fourth-order valence-corrected chi connectivity index (χ4v) is 2.69. The second kappa shape index (κ2) is 6.00. The zero-order valence-electron chi connectivity index (χ0n) is 12.7. The van der Waals surface area contributed by atoms with Crippen LogP contribution in [0.25, 0.3) is 0 Å². The number of aromatic hydroxyl groups is 1. The van der Waals surface area contributed by atoms with Crippen molar-refractivity contribution in [2.75, 3.05) is 6.54 Å². The molecule has 130 valence electrons. The molecule has 9 heteroatoms. The van der Waals surface area contributed by atoms with Crippen LogP contribution in [0.4, 0.5) is 8.78 Å². The first kappa shape index (κ1) is 16.6. The molecule has 0 unspecified atom stereocenters. The van der Waals surface area contributed by atoms with Crippen LogP contribution < -0.4 is 5.43 Å². The molecule has 3 rings (SSSR count). The smallest absolute Gasteiger partial charge is 0.341 e. The van der Waals surface area contributed by atoms with Crippen molar-refractivity contribution in [1.82, 2.24) is 9.47 Å². The van der Waals surface area contributed by atoms with Gasteiger partial charge >= 0.3 is 5.97 Å². The van der Waals surface area contributed by atoms with E-state index in [2.05, 4.69) is 0 Å². The maximum atomic E-state index is 13.8. The Balaban J connectivity index is 1.97. The fraction of sp³-hybridized carbons (Fsp3) is 0.188. The number of pyridine rings is 1. The Labute approximate surface area is 139 Å². The van der Waals surface area contributed by atoms with Crippen LogP contribution in [0.3, 0.4) is 0 Å². The van der Waals surface area contributed by atoms with Gasteiger partial charge in [-0.25, -0.2) is 13.6 Å². The molecule has 2 aromatic rings. The minimum Gasteiger partial charge on any atom is -0.503 e. The first-order chi connectivity index (χ1) is 11.8. The van der Waals surface area contributed by atoms with E-state index < -0.39 is 40.3 Å². The van der Waals surface area contributed by atoms with Gasteiger partial charge in [-0.3, -0.25) is 9.59 Å². The highest BCUT2D eigenvalue weighted by molar-refractivity contribution is 5.97. The molecule has 2 heterocycles. The Hall–Kier alpha value is -3.23. The number of rotatable bonds is 3. The van der Waals surface area contributed by atoms with Gasteiger partial charge in [-0.15, -0.1) is 0 Å². The van der Waals surface area contributed by atoms with Crippen molar-refractivity contribution in [1.29, 1.82) is 0 Å². The van der Waals surface area contributed by atoms with Crippen LogP contribution in [-0.4, -0.2) is 38.1 Å². The number of aromatic nitrogens is 1. The van der Waals surface area contributed by atoms with E-state index >= 15 is 0 Å². The molecule has 1 aliphatic heterocycles. The van der Waals surface area contributed by atoms with Gasteiger partial charge in [0.1, 0.15) is 17.2 Å². The second-order valence-electron chi connectivity index (χ2n) is 5.53. The number of carbonyl (C=O) groups excluding carboxylic acids is 1. The van der Waals surface area contributed by atoms with E-state index in [1.165, 1.54) is 15.5 Å². The number of carboxylic acid groups (broad SMARTS) is 1. The van der Waals surface area contributed by atoms with Gasteiger partial charge in [0, 0.05) is 37.5 Å². The Morgan fingerprint density at radius 3 is 2.56 bits per heavy atom. The van der Waals surface area contributed by atoms with E-state index in [4.69, 9.17) is 5.11 Å². The minimum absolute atomic E-state index is 0.0761. The highest BCUT2D eigenvalue weighted by Crippen LogP contribution is 2.22. The van der Waals surface area contributed by atoms with Gasteiger partial charge in [0.25, 0.3) is 5.91 Å². The number of carboxylic acids is 1. The van der Waals surface area contributed by atoms with Crippen LogP contribution >= 0.6 is 0 Å². The number of nitrogens with zero attached hydrogens (tertiary/aromatic N) is 2. The molecule has 1 aromatic heterocycles. The van der Waals surface area contributed by atoms with Crippen molar-refractivity contribution in [2.45, 2.75) is 13.1 Å². The minimum atomic E-state index is -1.51. The molecule has 7 nitrogen and oxygen atoms in total. The number of carbonyl (C=O) groups is 2. The van der Waals surface area contributed by atoms with E-state index in [-0.39, 0.29) is 30.9 Å². The summed E-state index contributed by atoms with van der Waals surface area (Å²) in [6.45, 7) is 0.0291. The number of hydrogen-bond donors (Lipinski definition) is 2. The lowest BCUT2D eigenvalue weighted by Crippen LogP contribution is -2.41. The predicted molar refractivity (Wildman–Crippen MR) is 80.4 cm³/mol. The van der Waals surface area contributed by atoms with Gasteiger partial charge in [-0.1, -0.05) is 6.07 Å². The summed E-state index contributed by atoms with van der Waals surface area (Å²) >= 11 is 0. The number of amides is 1. The molecule has 0 bridgehead atoms. The molecule has 1 amide bonds. The van der Waals surface area contributed by atoms with E-state index in [1.807, 2.05) is 0 Å². The van der Waals surface area contributed by atoms with Crippen LogP contribution in [0.2, 0.25) is 0 Å². The topological polar surface area (TPSA) is 99.8 Å². The van der Waals surface area contributed by atoms with Gasteiger partial charge in [-0.2, -0.15) is 0 Å². The Morgan fingerprint density at radius 1 is 1.20 bits per heavy atom. The molecule has 0 saturated heterocycles. The number of halogens is 2. The van der Waals surface area contributed by atoms with E-state index in [9.17, 15) is 28.3 Å². The normalized spacial score (nSPS) is 13.7. The van der Waals surface area contributed by atoms with E-state index in [1.54, 1.807) is 0 Å². The zero-order chi connectivity index (χ0) is 18.3. The first-order valence-electron chi connectivity index (χ1n) is 7.22. The van der Waals surface area contributed by atoms with Gasteiger partial charge in [0.2, 0.25) is 5.43 Å². The number of benzene rings is 1. The zero-order valence-corrected chi connectivity index (χ0v) is 12.7. The van der Waals surface area contributed by atoms with E-state index in [0.29, 0.717) is 6.07 Å². The number of aromatic carboxylic acids is 1. The molecule has 0 spiro atoms. The van der Waals surface area contributed by atoms with Gasteiger partial charge in [-0.05, 0) is 6.07 Å². The summed E-state index contributed by atoms with van der Waals surface area (Å²) in [5, 5.41) is 18.9. The molecule has 0 saturated carbocycles. The molecule has 0 atom stereocenters. The van der Waals surface area contributed by atoms with Crippen LogP contribution in [0.5, 0.6) is 5.75 Å². The van der Waals surface area contributed by atoms with Crippen molar-refractivity contribution >= 4 is 11.9 Å². The first-order valence-corrected chi connectivity index (χ1v) is 7.22. The molecule has 0 fully saturated rings. The van der Waals surface area contributed by atoms with Crippen molar-refractivity contribution in [3.05, 3.63) is 63.1 Å². The highest BCUT2D eigenvalue weighted by Gasteiger charge is 2.31. The monoisotopic (exact) mass is 350 g/mol. The van der Waals surface area contributed by atoms with Crippen LogP contribution in [-0.2, 0) is 13.1 Å². The number of fused-ring (bicyclic) bond motifs is 1. The third kappa shape index (κ3) is 2.84. The summed E-state index contributed by atoms with van der Waals surface area (Å²) in [5.74, 6) is -4.79. The van der Waals surface area contributed by atoms with Gasteiger partial charge in [0.15, 0.2) is 11.4 Å². The standard InChI is InChI=1S/C16H12F2N2O5/c17-9-2-1-8(11(18)5-9)6-20-4-3-19-7-10(16(24)25)13(21)14(22)12(19)15(20)23/h1-2,5,7,22H,3-4,6H2,(H,24,25). The summed E-state index contributed by atoms with van der Waals surface area (Å²) in [6, 6.07) is 2.95. The lowest BCUT2D eigenvalue weighted by atomic mass is 10.1. The summed E-state index contributed by atoms with van der Waals surface area (Å²) in [6.07, 6.45) is 0.993. The van der Waals surface area contributed by atoms with Crippen molar-refractivity contribution in [3.8, 4) is 5.75 Å². The molecule has 0 aliphatic carbocycles. The van der Waals surface area contributed by atoms with E-state index in [0.717, 1.165) is 12.3 Å². The average Bonchev–Trinajstić information content (AvgIpc) is 2.55. The molecular weight excluding hydrogens is 338 g/mol. The average molecular weight is 350 g/mol. The summed E-state index contributed by atoms with van der Waals surface area (Å²) in [7, 11) is 0. The van der Waals surface area contributed by atoms with Gasteiger partial charge in [0.05, 0.1) is 0 Å². The predicted octanol–water partition coefficient (Wildman–Crippen LogP) is 1.19. The second-order valence-corrected chi connectivity index (χ2v) is 5.53. The summed E-state index contributed by atoms with van der Waals surface area (Å²) < 4.78 is 27.9. The Bertz CT molecular complexity index is 954. The lowest BCUT2D eigenvalue weighted by molar-refractivity contribution is 0.0662. The summed E-state index contributed by atoms with van der Waals surface area (Å²) in [4.78, 5) is 36.6. The SMILES string of the molecule is O=C(O)c1cn2c(c(O)c1=O)C(=O)N(Cc1ccc(F)cc1F)CC2. The lowest BCUT2D eigenvalue weighted by Gasteiger charge is -2.30. The fourth-order valence-electron chi connectivity index (χ4n) is 2.69. The third-order valence-corrected chi connectivity index (χ3v) is 3.96. The van der Waals surface area contributed by atoms with Crippen molar-refractivity contribution in [3.63, 3.8) is 0 Å². The quantitative estimate of drug-likeness (QED) is 0.866. The number of hydrogen-bond acceptors (Lipinski definition) is 4. The van der Waals surface area contributed by atoms with Gasteiger partial charge < -0.3 is 19.7 Å². The Kier molecular flexibility index (Phi) is 3.99. The maximum absolute atomic E-state index is 13.8. The molecular formula is C16H12F2N2O5. The maximum Gasteiger partial charge on any atom is 0.341 e. The molecule has 0 radical (unpaired) electrons. The molecule has 1 aliphatic rings. The van der Waals surface area contributed by atoms with Crippen LogP contribution in [0, 0.1) is 11.6 Å². The third-order valence-electron chi connectivity index (χ3n) is 3.96.